The van der Waals surface area contributed by atoms with Crippen molar-refractivity contribution in [3.8, 4) is 0 Å². The molecular formula is C12H8ClFN6OS2. The Balaban J connectivity index is 1.82. The first kappa shape index (κ1) is 15.6. The number of hydrogen-bond acceptors (Lipinski definition) is 6. The fourth-order valence-electron chi connectivity index (χ4n) is 1.67. The molecule has 0 atom stereocenters. The molecule has 5 N–H and O–H groups in total. The molecule has 11 heteroatoms. The minimum absolute atomic E-state index is 0.000375. The maximum Gasteiger partial charge on any atom is 0.276 e. The lowest BCUT2D eigenvalue weighted by Gasteiger charge is -1.96. The molecule has 0 fully saturated rings. The average Bonchev–Trinajstić information content (AvgIpc) is 3.05. The summed E-state index contributed by atoms with van der Waals surface area (Å²) in [7, 11) is 0. The Hall–Kier alpha value is -2.30. The van der Waals surface area contributed by atoms with E-state index in [1.165, 1.54) is 28.8 Å². The number of aromatic nitrogens is 2. The van der Waals surface area contributed by atoms with E-state index in [1.807, 2.05) is 0 Å². The number of halogens is 2. The van der Waals surface area contributed by atoms with Gasteiger partial charge in [-0.25, -0.2) is 14.4 Å². The van der Waals surface area contributed by atoms with Crippen molar-refractivity contribution in [1.29, 1.82) is 0 Å². The van der Waals surface area contributed by atoms with Gasteiger partial charge in [-0.1, -0.05) is 22.9 Å². The van der Waals surface area contributed by atoms with Crippen molar-refractivity contribution in [1.82, 2.24) is 9.97 Å². The van der Waals surface area contributed by atoms with E-state index in [1.54, 1.807) is 0 Å². The summed E-state index contributed by atoms with van der Waals surface area (Å²) < 4.78 is 14.1. The topological polar surface area (TPSA) is 119 Å². The fraction of sp³-hybridized carbons (Fsp3) is 0. The molecule has 0 aliphatic carbocycles. The number of thiazole rings is 2. The van der Waals surface area contributed by atoms with E-state index in [9.17, 15) is 9.18 Å². The van der Waals surface area contributed by atoms with Gasteiger partial charge in [0, 0.05) is 11.4 Å². The summed E-state index contributed by atoms with van der Waals surface area (Å²) in [6.45, 7) is 0. The molecule has 3 rings (SSSR count). The molecule has 0 saturated carbocycles. The van der Waals surface area contributed by atoms with E-state index in [0.29, 0.717) is 15.3 Å². The number of anilines is 1. The van der Waals surface area contributed by atoms with Crippen molar-refractivity contribution in [2.75, 3.05) is 5.32 Å². The maximum absolute atomic E-state index is 13.4. The van der Waals surface area contributed by atoms with Crippen LogP contribution in [0.4, 0.5) is 14.7 Å². The lowest BCUT2D eigenvalue weighted by Crippen LogP contribution is -2.21. The Morgan fingerprint density at radius 3 is 2.87 bits per heavy atom. The van der Waals surface area contributed by atoms with Gasteiger partial charge in [0.2, 0.25) is 5.13 Å². The van der Waals surface area contributed by atoms with Crippen molar-refractivity contribution in [3.05, 3.63) is 34.0 Å². The van der Waals surface area contributed by atoms with Gasteiger partial charge >= 0.3 is 0 Å². The second-order valence-electron chi connectivity index (χ2n) is 4.26. The molecule has 118 valence electrons. The lowest BCUT2D eigenvalue weighted by molar-refractivity contribution is 0.102. The molecule has 7 nitrogen and oxygen atoms in total. The van der Waals surface area contributed by atoms with Crippen molar-refractivity contribution in [2.24, 2.45) is 16.5 Å². The zero-order valence-electron chi connectivity index (χ0n) is 11.2. The van der Waals surface area contributed by atoms with Crippen LogP contribution in [-0.2, 0) is 0 Å². The molecule has 0 aliphatic heterocycles. The van der Waals surface area contributed by atoms with Crippen LogP contribution in [-0.4, -0.2) is 21.8 Å². The third kappa shape index (κ3) is 3.38. The second-order valence-corrected chi connectivity index (χ2v) is 6.53. The van der Waals surface area contributed by atoms with Crippen molar-refractivity contribution >= 4 is 66.6 Å². The van der Waals surface area contributed by atoms with Gasteiger partial charge in [-0.05, 0) is 6.07 Å². The molecule has 0 aliphatic rings. The molecule has 2 heterocycles. The summed E-state index contributed by atoms with van der Waals surface area (Å²) in [6, 6.07) is 2.67. The number of amides is 1. The molecule has 0 saturated heterocycles. The van der Waals surface area contributed by atoms with Crippen LogP contribution in [0.25, 0.3) is 10.2 Å². The van der Waals surface area contributed by atoms with Crippen LogP contribution in [0.5, 0.6) is 0 Å². The van der Waals surface area contributed by atoms with Crippen LogP contribution in [0, 0.1) is 5.82 Å². The first-order chi connectivity index (χ1) is 10.9. The first-order valence-electron chi connectivity index (χ1n) is 6.04. The van der Waals surface area contributed by atoms with E-state index in [2.05, 4.69) is 20.3 Å². The van der Waals surface area contributed by atoms with Crippen LogP contribution < -0.4 is 16.8 Å². The third-order valence-electron chi connectivity index (χ3n) is 2.60. The normalized spacial score (nSPS) is 10.7. The number of carbonyl (C=O) groups is 1. The Morgan fingerprint density at radius 2 is 2.13 bits per heavy atom. The highest BCUT2D eigenvalue weighted by Gasteiger charge is 2.14. The minimum Gasteiger partial charge on any atom is -0.370 e. The number of fused-ring (bicyclic) bond motifs is 1. The van der Waals surface area contributed by atoms with Gasteiger partial charge in [0.15, 0.2) is 11.1 Å². The van der Waals surface area contributed by atoms with Gasteiger partial charge in [0.1, 0.15) is 11.5 Å². The van der Waals surface area contributed by atoms with Gasteiger partial charge in [-0.15, -0.1) is 11.3 Å². The summed E-state index contributed by atoms with van der Waals surface area (Å²) >= 11 is 8.01. The molecule has 1 aromatic carbocycles. The highest BCUT2D eigenvalue weighted by Crippen LogP contribution is 2.30. The highest BCUT2D eigenvalue weighted by molar-refractivity contribution is 7.22. The highest BCUT2D eigenvalue weighted by atomic mass is 35.5. The molecule has 2 aromatic heterocycles. The number of nitrogens with two attached hydrogens (primary N) is 2. The molecule has 0 unspecified atom stereocenters. The van der Waals surface area contributed by atoms with Gasteiger partial charge in [0.25, 0.3) is 5.91 Å². The second kappa shape index (κ2) is 6.07. The van der Waals surface area contributed by atoms with Gasteiger partial charge in [-0.3, -0.25) is 10.1 Å². The van der Waals surface area contributed by atoms with Crippen LogP contribution in [0.1, 0.15) is 10.5 Å². The molecule has 0 bridgehead atoms. The monoisotopic (exact) mass is 370 g/mol. The van der Waals surface area contributed by atoms with Gasteiger partial charge in [0.05, 0.1) is 15.2 Å². The van der Waals surface area contributed by atoms with E-state index in [4.69, 9.17) is 23.1 Å². The predicted molar refractivity (Wildman–Crippen MR) is 90.1 cm³/mol. The Kier molecular flexibility index (Phi) is 4.11. The summed E-state index contributed by atoms with van der Waals surface area (Å²) in [4.78, 5) is 24.0. The zero-order chi connectivity index (χ0) is 16.6. The first-order valence-corrected chi connectivity index (χ1v) is 8.12. The number of nitrogens with zero attached hydrogens (tertiary/aromatic N) is 3. The van der Waals surface area contributed by atoms with Gasteiger partial charge < -0.3 is 11.5 Å². The SMILES string of the molecule is NC(N)=Nc1nc(C(=O)Nc2nc3cc(F)c(Cl)cc3s2)cs1. The molecular weight excluding hydrogens is 363 g/mol. The van der Waals surface area contributed by atoms with Crippen molar-refractivity contribution < 1.29 is 9.18 Å². The number of rotatable bonds is 3. The number of benzene rings is 1. The van der Waals surface area contributed by atoms with E-state index in [-0.39, 0.29) is 21.8 Å². The van der Waals surface area contributed by atoms with E-state index in [0.717, 1.165) is 11.3 Å². The van der Waals surface area contributed by atoms with Crippen LogP contribution in [0.3, 0.4) is 0 Å². The number of guanidine groups is 1. The number of aliphatic imine (C=N–C) groups is 1. The Labute approximate surface area is 141 Å². The molecule has 1 amide bonds. The maximum atomic E-state index is 13.4. The predicted octanol–water partition coefficient (Wildman–Crippen LogP) is 2.70. The molecule has 0 radical (unpaired) electrons. The zero-order valence-corrected chi connectivity index (χ0v) is 13.6. The standard InChI is InChI=1S/C12H8ClFN6OS2/c13-4-1-8-6(2-5(4)14)17-12(23-8)19-9(21)7-3-22-11(18-7)20-10(15)16/h1-3H,(H,17,19,21)(H4,15,16,18,20). The average molecular weight is 371 g/mol. The van der Waals surface area contributed by atoms with Crippen LogP contribution in [0.2, 0.25) is 5.02 Å². The van der Waals surface area contributed by atoms with Crippen molar-refractivity contribution in [3.63, 3.8) is 0 Å². The lowest BCUT2D eigenvalue weighted by atomic mass is 10.3. The summed E-state index contributed by atoms with van der Waals surface area (Å²) in [5.74, 6) is -1.18. The van der Waals surface area contributed by atoms with E-state index >= 15 is 0 Å². The minimum atomic E-state index is -0.566. The van der Waals surface area contributed by atoms with Gasteiger partial charge in [-0.2, -0.15) is 4.99 Å². The van der Waals surface area contributed by atoms with Crippen molar-refractivity contribution in [2.45, 2.75) is 0 Å². The number of hydrogen-bond donors (Lipinski definition) is 3. The van der Waals surface area contributed by atoms with Crippen LogP contribution in [0.15, 0.2) is 22.5 Å². The van der Waals surface area contributed by atoms with E-state index < -0.39 is 11.7 Å². The van der Waals surface area contributed by atoms with Crippen LogP contribution >= 0.6 is 34.3 Å². The quantitative estimate of drug-likeness (QED) is 0.483. The fourth-order valence-corrected chi connectivity index (χ4v) is 3.46. The number of carbonyl (C=O) groups excluding carboxylic acids is 1. The molecule has 3 aromatic rings. The Morgan fingerprint density at radius 1 is 1.35 bits per heavy atom. The summed E-state index contributed by atoms with van der Waals surface area (Å²) in [5.41, 5.74) is 11.1. The number of nitrogens with one attached hydrogen (secondary N) is 1. The Bertz CT molecular complexity index is 894. The molecule has 0 spiro atoms. The summed E-state index contributed by atoms with van der Waals surface area (Å²) in [6.07, 6.45) is 0. The third-order valence-corrected chi connectivity index (χ3v) is 4.56. The largest absolute Gasteiger partial charge is 0.370 e. The summed E-state index contributed by atoms with van der Waals surface area (Å²) in [5, 5.41) is 4.68. The smallest absolute Gasteiger partial charge is 0.276 e. The molecule has 23 heavy (non-hydrogen) atoms.